The lowest BCUT2D eigenvalue weighted by Gasteiger charge is -2.35. The Morgan fingerprint density at radius 2 is 1.64 bits per heavy atom. The van der Waals surface area contributed by atoms with Gasteiger partial charge in [0.15, 0.2) is 0 Å². The molecule has 2 aromatic rings. The standard InChI is InChI=1S/C20H22BrClN2O/c21-18(14-17-8-4-5-9-19(17)22)20(25)24-12-10-23(11-13-24)15-16-6-2-1-3-7-16/h1-9,18H,10-15H2. The summed E-state index contributed by atoms with van der Waals surface area (Å²) in [5.74, 6) is 0.152. The number of rotatable bonds is 5. The molecule has 3 nitrogen and oxygen atoms in total. The summed E-state index contributed by atoms with van der Waals surface area (Å²) < 4.78 is 0. The molecule has 0 bridgehead atoms. The van der Waals surface area contributed by atoms with Crippen LogP contribution in [0.5, 0.6) is 0 Å². The van der Waals surface area contributed by atoms with E-state index in [9.17, 15) is 4.79 Å². The number of piperazine rings is 1. The summed E-state index contributed by atoms with van der Waals surface area (Å²) in [6.07, 6.45) is 0.614. The summed E-state index contributed by atoms with van der Waals surface area (Å²) in [5, 5.41) is 0.715. The first-order valence-electron chi connectivity index (χ1n) is 8.56. The Morgan fingerprint density at radius 1 is 1.00 bits per heavy atom. The van der Waals surface area contributed by atoms with Gasteiger partial charge in [-0.05, 0) is 23.6 Å². The highest BCUT2D eigenvalue weighted by molar-refractivity contribution is 9.10. The van der Waals surface area contributed by atoms with E-state index in [4.69, 9.17) is 11.6 Å². The van der Waals surface area contributed by atoms with Crippen LogP contribution in [0, 0.1) is 0 Å². The van der Waals surface area contributed by atoms with Crippen molar-refractivity contribution in [3.8, 4) is 0 Å². The molecule has 5 heteroatoms. The van der Waals surface area contributed by atoms with Crippen molar-refractivity contribution < 1.29 is 4.79 Å². The lowest BCUT2D eigenvalue weighted by Crippen LogP contribution is -2.50. The number of carbonyl (C=O) groups excluding carboxylic acids is 1. The van der Waals surface area contributed by atoms with Gasteiger partial charge in [-0.25, -0.2) is 0 Å². The molecule has 0 N–H and O–H groups in total. The molecule has 0 radical (unpaired) electrons. The first-order chi connectivity index (χ1) is 12.1. The first kappa shape index (κ1) is 18.4. The minimum atomic E-state index is -0.229. The largest absolute Gasteiger partial charge is 0.339 e. The molecule has 1 aliphatic rings. The van der Waals surface area contributed by atoms with Crippen LogP contribution < -0.4 is 0 Å². The predicted molar refractivity (Wildman–Crippen MR) is 106 cm³/mol. The quantitative estimate of drug-likeness (QED) is 0.682. The number of alkyl halides is 1. The van der Waals surface area contributed by atoms with Crippen LogP contribution in [0.25, 0.3) is 0 Å². The van der Waals surface area contributed by atoms with E-state index in [-0.39, 0.29) is 10.7 Å². The lowest BCUT2D eigenvalue weighted by atomic mass is 10.1. The van der Waals surface area contributed by atoms with Crippen LogP contribution in [-0.2, 0) is 17.8 Å². The van der Waals surface area contributed by atoms with Crippen LogP contribution in [0.3, 0.4) is 0 Å². The second kappa shape index (κ2) is 8.84. The Hall–Kier alpha value is -1.36. The number of benzene rings is 2. The van der Waals surface area contributed by atoms with Gasteiger partial charge in [0.05, 0.1) is 4.83 Å². The van der Waals surface area contributed by atoms with E-state index in [1.165, 1.54) is 5.56 Å². The molecule has 2 aromatic carbocycles. The molecule has 0 spiro atoms. The summed E-state index contributed by atoms with van der Waals surface area (Å²) in [4.78, 5) is 16.8. The van der Waals surface area contributed by atoms with E-state index < -0.39 is 0 Å². The van der Waals surface area contributed by atoms with Gasteiger partial charge < -0.3 is 4.90 Å². The SMILES string of the molecule is O=C(C(Br)Cc1ccccc1Cl)N1CCN(Cc2ccccc2)CC1. The van der Waals surface area contributed by atoms with Crippen molar-refractivity contribution in [1.29, 1.82) is 0 Å². The van der Waals surface area contributed by atoms with Crippen LogP contribution in [0.15, 0.2) is 54.6 Å². The van der Waals surface area contributed by atoms with E-state index in [1.54, 1.807) is 0 Å². The maximum Gasteiger partial charge on any atom is 0.236 e. The second-order valence-electron chi connectivity index (χ2n) is 6.35. The van der Waals surface area contributed by atoms with Gasteiger partial charge in [-0.15, -0.1) is 0 Å². The molecular weight excluding hydrogens is 400 g/mol. The zero-order valence-electron chi connectivity index (χ0n) is 14.1. The van der Waals surface area contributed by atoms with Crippen molar-refractivity contribution in [2.75, 3.05) is 26.2 Å². The van der Waals surface area contributed by atoms with Gasteiger partial charge in [0, 0.05) is 37.7 Å². The number of hydrogen-bond donors (Lipinski definition) is 0. The Balaban J connectivity index is 1.50. The molecule has 1 saturated heterocycles. The molecule has 1 amide bonds. The van der Waals surface area contributed by atoms with Crippen LogP contribution in [0.4, 0.5) is 0 Å². The Labute approximate surface area is 162 Å². The smallest absolute Gasteiger partial charge is 0.236 e. The van der Waals surface area contributed by atoms with E-state index in [0.717, 1.165) is 38.3 Å². The topological polar surface area (TPSA) is 23.6 Å². The van der Waals surface area contributed by atoms with Gasteiger partial charge in [0.2, 0.25) is 5.91 Å². The van der Waals surface area contributed by atoms with Crippen molar-refractivity contribution in [2.45, 2.75) is 17.8 Å². The minimum absolute atomic E-state index is 0.152. The van der Waals surface area contributed by atoms with E-state index in [2.05, 4.69) is 45.1 Å². The number of halogens is 2. The van der Waals surface area contributed by atoms with Crippen molar-refractivity contribution in [2.24, 2.45) is 0 Å². The minimum Gasteiger partial charge on any atom is -0.339 e. The van der Waals surface area contributed by atoms with Crippen LogP contribution >= 0.6 is 27.5 Å². The number of carbonyl (C=O) groups is 1. The Morgan fingerprint density at radius 3 is 2.32 bits per heavy atom. The third-order valence-electron chi connectivity index (χ3n) is 4.56. The molecule has 3 rings (SSSR count). The molecule has 0 saturated carbocycles. The highest BCUT2D eigenvalue weighted by Gasteiger charge is 2.26. The summed E-state index contributed by atoms with van der Waals surface area (Å²) in [6, 6.07) is 18.2. The summed E-state index contributed by atoms with van der Waals surface area (Å²) in [5.41, 5.74) is 2.32. The van der Waals surface area contributed by atoms with Gasteiger partial charge in [-0.3, -0.25) is 9.69 Å². The molecule has 1 aliphatic heterocycles. The Kier molecular flexibility index (Phi) is 6.51. The number of nitrogens with zero attached hydrogens (tertiary/aromatic N) is 2. The van der Waals surface area contributed by atoms with E-state index in [1.807, 2.05) is 35.2 Å². The maximum absolute atomic E-state index is 12.7. The summed E-state index contributed by atoms with van der Waals surface area (Å²) in [6.45, 7) is 4.31. The van der Waals surface area contributed by atoms with Crippen molar-refractivity contribution in [3.63, 3.8) is 0 Å². The van der Waals surface area contributed by atoms with E-state index in [0.29, 0.717) is 11.4 Å². The molecule has 1 fully saturated rings. The van der Waals surface area contributed by atoms with Gasteiger partial charge in [0.1, 0.15) is 0 Å². The van der Waals surface area contributed by atoms with Gasteiger partial charge in [-0.1, -0.05) is 76.1 Å². The molecule has 1 heterocycles. The molecule has 0 aromatic heterocycles. The zero-order valence-corrected chi connectivity index (χ0v) is 16.4. The zero-order chi connectivity index (χ0) is 17.6. The fourth-order valence-corrected chi connectivity index (χ4v) is 3.96. The van der Waals surface area contributed by atoms with Gasteiger partial charge in [0.25, 0.3) is 0 Å². The molecular formula is C20H22BrClN2O. The second-order valence-corrected chi connectivity index (χ2v) is 7.86. The summed E-state index contributed by atoms with van der Waals surface area (Å²) in [7, 11) is 0. The average molecular weight is 422 g/mol. The van der Waals surface area contributed by atoms with Gasteiger partial charge >= 0.3 is 0 Å². The average Bonchev–Trinajstić information content (AvgIpc) is 2.64. The van der Waals surface area contributed by atoms with Crippen molar-refractivity contribution in [1.82, 2.24) is 9.80 Å². The normalized spacial score (nSPS) is 16.6. The maximum atomic E-state index is 12.7. The Bertz CT molecular complexity index is 702. The number of amides is 1. The fraction of sp³-hybridized carbons (Fsp3) is 0.350. The lowest BCUT2D eigenvalue weighted by molar-refractivity contribution is -0.132. The van der Waals surface area contributed by atoms with Crippen molar-refractivity contribution in [3.05, 3.63) is 70.7 Å². The predicted octanol–water partition coefficient (Wildman–Crippen LogP) is 3.99. The molecule has 1 atom stereocenters. The summed E-state index contributed by atoms with van der Waals surface area (Å²) >= 11 is 9.76. The molecule has 25 heavy (non-hydrogen) atoms. The highest BCUT2D eigenvalue weighted by atomic mass is 79.9. The first-order valence-corrected chi connectivity index (χ1v) is 9.85. The third-order valence-corrected chi connectivity index (χ3v) is 5.64. The third kappa shape index (κ3) is 5.06. The number of hydrogen-bond acceptors (Lipinski definition) is 2. The molecule has 1 unspecified atom stereocenters. The molecule has 132 valence electrons. The highest BCUT2D eigenvalue weighted by Crippen LogP contribution is 2.21. The monoisotopic (exact) mass is 420 g/mol. The van der Waals surface area contributed by atoms with Crippen LogP contribution in [0.1, 0.15) is 11.1 Å². The van der Waals surface area contributed by atoms with Gasteiger partial charge in [-0.2, -0.15) is 0 Å². The fourth-order valence-electron chi connectivity index (χ4n) is 3.11. The molecule has 0 aliphatic carbocycles. The van der Waals surface area contributed by atoms with E-state index >= 15 is 0 Å². The van der Waals surface area contributed by atoms with Crippen LogP contribution in [0.2, 0.25) is 5.02 Å². The van der Waals surface area contributed by atoms with Crippen molar-refractivity contribution >= 4 is 33.4 Å². The van der Waals surface area contributed by atoms with Crippen LogP contribution in [-0.4, -0.2) is 46.7 Å².